The fraction of sp³-hybridized carbons (Fsp3) is 0.769. The Bertz CT molecular complexity index is 485. The topological polar surface area (TPSA) is 209 Å². The standard InChI is InChI=1S/C13H28N8O4/c1-20(10(11(16)22)6-2-3-7-14)12(23)9(15)5-4-8-18-13(17)19-21(24)25/h9-10H,2-8,14-15H2,1H3,(H2,16,22)(H3,17,18,19)/t9-,10-/m0/s1. The van der Waals surface area contributed by atoms with Crippen molar-refractivity contribution in [3.05, 3.63) is 10.1 Å². The Morgan fingerprint density at radius 2 is 1.88 bits per heavy atom. The largest absolute Gasteiger partial charge is 0.368 e. The highest BCUT2D eigenvalue weighted by atomic mass is 16.7. The van der Waals surface area contributed by atoms with Crippen LogP contribution >= 0.6 is 0 Å². The third kappa shape index (κ3) is 9.42. The van der Waals surface area contributed by atoms with E-state index in [9.17, 15) is 19.7 Å². The van der Waals surface area contributed by atoms with Crippen molar-refractivity contribution in [2.45, 2.75) is 44.2 Å². The van der Waals surface area contributed by atoms with Crippen molar-refractivity contribution < 1.29 is 14.6 Å². The average molecular weight is 360 g/mol. The second kappa shape index (κ2) is 12.0. The first-order chi connectivity index (χ1) is 11.7. The molecule has 0 rings (SSSR count). The van der Waals surface area contributed by atoms with Crippen LogP contribution in [0.15, 0.2) is 4.99 Å². The molecule has 0 unspecified atom stereocenters. The van der Waals surface area contributed by atoms with Gasteiger partial charge in [-0.15, -0.1) is 0 Å². The summed E-state index contributed by atoms with van der Waals surface area (Å²) in [5.74, 6) is -1.32. The van der Waals surface area contributed by atoms with Crippen molar-refractivity contribution >= 4 is 17.8 Å². The molecule has 0 fully saturated rings. The Morgan fingerprint density at radius 3 is 2.40 bits per heavy atom. The fourth-order valence-electron chi connectivity index (χ4n) is 2.19. The summed E-state index contributed by atoms with van der Waals surface area (Å²) in [7, 11) is 1.48. The van der Waals surface area contributed by atoms with Gasteiger partial charge < -0.3 is 27.8 Å². The lowest BCUT2D eigenvalue weighted by Crippen LogP contribution is -2.51. The first-order valence-corrected chi connectivity index (χ1v) is 7.93. The van der Waals surface area contributed by atoms with E-state index in [0.29, 0.717) is 25.8 Å². The molecule has 0 saturated carbocycles. The number of hydrazine groups is 1. The van der Waals surface area contributed by atoms with E-state index in [0.717, 1.165) is 6.42 Å². The van der Waals surface area contributed by atoms with Gasteiger partial charge in [0.2, 0.25) is 11.8 Å². The Labute approximate surface area is 146 Å². The zero-order valence-corrected chi connectivity index (χ0v) is 14.4. The zero-order valence-electron chi connectivity index (χ0n) is 14.4. The zero-order chi connectivity index (χ0) is 19.4. The van der Waals surface area contributed by atoms with Gasteiger partial charge in [0.05, 0.1) is 6.04 Å². The van der Waals surface area contributed by atoms with Gasteiger partial charge in [0, 0.05) is 13.6 Å². The number of carbonyl (C=O) groups is 2. The van der Waals surface area contributed by atoms with Crippen molar-refractivity contribution in [1.29, 1.82) is 0 Å². The number of carbonyl (C=O) groups excluding carboxylic acids is 2. The van der Waals surface area contributed by atoms with Crippen molar-refractivity contribution in [1.82, 2.24) is 10.3 Å². The van der Waals surface area contributed by atoms with Crippen molar-refractivity contribution in [3.63, 3.8) is 0 Å². The van der Waals surface area contributed by atoms with Gasteiger partial charge in [0.25, 0.3) is 5.96 Å². The van der Waals surface area contributed by atoms with Gasteiger partial charge in [0.15, 0.2) is 5.03 Å². The predicted octanol–water partition coefficient (Wildman–Crippen LogP) is -2.37. The van der Waals surface area contributed by atoms with Gasteiger partial charge in [-0.25, -0.2) is 15.1 Å². The number of nitrogens with one attached hydrogen (secondary N) is 1. The third-order valence-electron chi connectivity index (χ3n) is 3.55. The number of nitrogens with two attached hydrogens (primary N) is 4. The van der Waals surface area contributed by atoms with E-state index in [1.807, 2.05) is 0 Å². The Hall–Kier alpha value is -2.47. The maximum atomic E-state index is 12.3. The molecule has 0 aliphatic carbocycles. The number of amides is 2. The second-order valence-electron chi connectivity index (χ2n) is 5.54. The Kier molecular flexibility index (Phi) is 10.8. The summed E-state index contributed by atoms with van der Waals surface area (Å²) in [6.07, 6.45) is 2.51. The normalized spacial score (nSPS) is 13.8. The van der Waals surface area contributed by atoms with Crippen LogP contribution in [0, 0.1) is 10.1 Å². The lowest BCUT2D eigenvalue weighted by molar-refractivity contribution is -0.525. The molecule has 0 bridgehead atoms. The summed E-state index contributed by atoms with van der Waals surface area (Å²) in [5, 5.41) is 9.33. The summed E-state index contributed by atoms with van der Waals surface area (Å²) >= 11 is 0. The fourth-order valence-corrected chi connectivity index (χ4v) is 2.19. The molecule has 0 saturated heterocycles. The molecule has 2 atom stereocenters. The molecular weight excluding hydrogens is 332 g/mol. The van der Waals surface area contributed by atoms with E-state index in [4.69, 9.17) is 22.9 Å². The van der Waals surface area contributed by atoms with E-state index in [1.54, 1.807) is 5.43 Å². The van der Waals surface area contributed by atoms with Crippen LogP contribution in [0.1, 0.15) is 32.1 Å². The van der Waals surface area contributed by atoms with Crippen LogP contribution in [0.5, 0.6) is 0 Å². The number of nitro groups is 1. The number of nitrogens with zero attached hydrogens (tertiary/aromatic N) is 3. The molecule has 0 aromatic carbocycles. The number of hydrogen-bond acceptors (Lipinski definition) is 7. The lowest BCUT2D eigenvalue weighted by Gasteiger charge is -2.28. The van der Waals surface area contributed by atoms with E-state index >= 15 is 0 Å². The minimum atomic E-state index is -0.832. The maximum absolute atomic E-state index is 12.3. The first-order valence-electron chi connectivity index (χ1n) is 7.93. The molecule has 9 N–H and O–H groups in total. The summed E-state index contributed by atoms with van der Waals surface area (Å²) < 4.78 is 0. The molecule has 25 heavy (non-hydrogen) atoms. The van der Waals surface area contributed by atoms with E-state index in [-0.39, 0.29) is 18.9 Å². The number of primary amides is 1. The monoisotopic (exact) mass is 360 g/mol. The van der Waals surface area contributed by atoms with Gasteiger partial charge in [-0.3, -0.25) is 9.59 Å². The number of unbranched alkanes of at least 4 members (excludes halogenated alkanes) is 1. The SMILES string of the molecule is CN(C(=O)[C@@H](N)CCCN=C(N)N[N+](=O)[O-])[C@@H](CCCCN)C(N)=O. The summed E-state index contributed by atoms with van der Waals surface area (Å²) in [5.41, 5.74) is 23.6. The van der Waals surface area contributed by atoms with Crippen LogP contribution in [0.4, 0.5) is 0 Å². The van der Waals surface area contributed by atoms with Crippen LogP contribution < -0.4 is 28.4 Å². The third-order valence-corrected chi connectivity index (χ3v) is 3.55. The van der Waals surface area contributed by atoms with Crippen LogP contribution in [-0.2, 0) is 9.59 Å². The molecule has 0 spiro atoms. The molecule has 0 aromatic heterocycles. The molecule has 0 radical (unpaired) electrons. The Balaban J connectivity index is 4.44. The summed E-state index contributed by atoms with van der Waals surface area (Å²) in [6, 6.07) is -1.57. The molecule has 2 amide bonds. The van der Waals surface area contributed by atoms with Crippen LogP contribution in [0.25, 0.3) is 0 Å². The number of aliphatic imine (C=N–C) groups is 1. The predicted molar refractivity (Wildman–Crippen MR) is 92.5 cm³/mol. The van der Waals surface area contributed by atoms with Crippen molar-refractivity contribution in [3.8, 4) is 0 Å². The Morgan fingerprint density at radius 1 is 1.24 bits per heavy atom. The minimum Gasteiger partial charge on any atom is -0.368 e. The minimum absolute atomic E-state index is 0.174. The lowest BCUT2D eigenvalue weighted by atomic mass is 10.1. The number of likely N-dealkylation sites (N-methyl/N-ethyl adjacent to an activating group) is 1. The number of guanidine groups is 1. The first kappa shape index (κ1) is 22.5. The van der Waals surface area contributed by atoms with Gasteiger partial charge in [0.1, 0.15) is 6.04 Å². The molecular formula is C13H28N8O4. The van der Waals surface area contributed by atoms with Crippen LogP contribution in [0.3, 0.4) is 0 Å². The number of rotatable bonds is 12. The maximum Gasteiger partial charge on any atom is 0.251 e. The van der Waals surface area contributed by atoms with Gasteiger partial charge >= 0.3 is 0 Å². The molecule has 0 aliphatic heterocycles. The smallest absolute Gasteiger partial charge is 0.251 e. The average Bonchev–Trinajstić information content (AvgIpc) is 2.53. The molecule has 12 heteroatoms. The van der Waals surface area contributed by atoms with Crippen LogP contribution in [-0.4, -0.2) is 59.9 Å². The molecule has 0 aromatic rings. The second-order valence-corrected chi connectivity index (χ2v) is 5.54. The van der Waals surface area contributed by atoms with Crippen LogP contribution in [0.2, 0.25) is 0 Å². The molecule has 0 heterocycles. The van der Waals surface area contributed by atoms with Crippen molar-refractivity contribution in [2.75, 3.05) is 20.1 Å². The molecule has 144 valence electrons. The highest BCUT2D eigenvalue weighted by Gasteiger charge is 2.27. The summed E-state index contributed by atoms with van der Waals surface area (Å²) in [4.78, 5) is 39.0. The number of hydrogen-bond donors (Lipinski definition) is 5. The van der Waals surface area contributed by atoms with E-state index in [2.05, 4.69) is 4.99 Å². The highest BCUT2D eigenvalue weighted by Crippen LogP contribution is 2.10. The summed E-state index contributed by atoms with van der Waals surface area (Å²) in [6.45, 7) is 0.671. The molecule has 12 nitrogen and oxygen atoms in total. The molecule has 0 aliphatic rings. The van der Waals surface area contributed by atoms with Gasteiger partial charge in [-0.05, 0) is 38.6 Å². The van der Waals surface area contributed by atoms with E-state index in [1.165, 1.54) is 11.9 Å². The quantitative estimate of drug-likeness (QED) is 0.0832. The highest BCUT2D eigenvalue weighted by molar-refractivity contribution is 5.88. The van der Waals surface area contributed by atoms with Gasteiger partial charge in [-0.2, -0.15) is 0 Å². The van der Waals surface area contributed by atoms with E-state index < -0.39 is 28.9 Å². The van der Waals surface area contributed by atoms with Gasteiger partial charge in [-0.1, -0.05) is 5.43 Å². The van der Waals surface area contributed by atoms with Crippen molar-refractivity contribution in [2.24, 2.45) is 27.9 Å².